The van der Waals surface area contributed by atoms with E-state index in [4.69, 9.17) is 0 Å². The molecule has 2 N–H and O–H groups in total. The number of amides is 1. The molecule has 3 aromatic carbocycles. The molecule has 0 aliphatic carbocycles. The molecule has 6 heteroatoms. The molecule has 1 aliphatic rings. The van der Waals surface area contributed by atoms with Crippen molar-refractivity contribution in [3.05, 3.63) is 95.6 Å². The molecule has 3 aromatic rings. The van der Waals surface area contributed by atoms with E-state index in [1.807, 2.05) is 58.7 Å². The van der Waals surface area contributed by atoms with Crippen LogP contribution in [0.15, 0.2) is 78.9 Å². The Kier molecular flexibility index (Phi) is 6.05. The predicted octanol–water partition coefficient (Wildman–Crippen LogP) is 3.53. The molecule has 1 heterocycles. The number of anilines is 1. The summed E-state index contributed by atoms with van der Waals surface area (Å²) in [4.78, 5) is 14.8. The first-order valence-corrected chi connectivity index (χ1v) is 9.93. The molecule has 0 aromatic heterocycles. The maximum atomic E-state index is 12.9. The van der Waals surface area contributed by atoms with Crippen molar-refractivity contribution in [3.63, 3.8) is 0 Å². The van der Waals surface area contributed by atoms with Gasteiger partial charge in [-0.2, -0.15) is 8.78 Å². The number of ether oxygens (including phenoxy) is 1. The summed E-state index contributed by atoms with van der Waals surface area (Å²) in [5.74, 6) is 0.170. The summed E-state index contributed by atoms with van der Waals surface area (Å²) in [5.41, 5.74) is 4.13. The second-order valence-electron chi connectivity index (χ2n) is 7.20. The zero-order valence-corrected chi connectivity index (χ0v) is 16.4. The van der Waals surface area contributed by atoms with E-state index in [9.17, 15) is 13.6 Å². The summed E-state index contributed by atoms with van der Waals surface area (Å²) in [6, 6.07) is 24.3. The second kappa shape index (κ2) is 9.05. The molecule has 4 nitrogen and oxygen atoms in total. The topological polar surface area (TPSA) is 46.1 Å². The van der Waals surface area contributed by atoms with E-state index < -0.39 is 6.61 Å². The fourth-order valence-corrected chi connectivity index (χ4v) is 3.91. The van der Waals surface area contributed by atoms with E-state index in [1.165, 1.54) is 17.7 Å². The smallest absolute Gasteiger partial charge is 0.387 e. The van der Waals surface area contributed by atoms with Gasteiger partial charge >= 0.3 is 6.61 Å². The highest BCUT2D eigenvalue weighted by Crippen LogP contribution is 2.27. The summed E-state index contributed by atoms with van der Waals surface area (Å²) < 4.78 is 29.3. The molecule has 0 radical (unpaired) electrons. The number of quaternary nitrogens is 1. The van der Waals surface area contributed by atoms with Crippen LogP contribution in [0.4, 0.5) is 14.5 Å². The van der Waals surface area contributed by atoms with Crippen LogP contribution < -0.4 is 15.0 Å². The number of carbonyl (C=O) groups excluding carboxylic acids is 1. The van der Waals surface area contributed by atoms with Gasteiger partial charge in [0.1, 0.15) is 11.8 Å². The molecule has 0 unspecified atom stereocenters. The minimum atomic E-state index is -2.85. The SMILES string of the molecule is O=C(C[NH2+][C@H](c1ccccc1)c1ccc(OC(F)F)cc1)N1CCc2ccccc21. The molecule has 1 amide bonds. The van der Waals surface area contributed by atoms with E-state index in [2.05, 4.69) is 10.8 Å². The van der Waals surface area contributed by atoms with Crippen molar-refractivity contribution >= 4 is 11.6 Å². The van der Waals surface area contributed by atoms with Crippen molar-refractivity contribution < 1.29 is 23.6 Å². The van der Waals surface area contributed by atoms with Crippen LogP contribution in [0, 0.1) is 0 Å². The Bertz CT molecular complexity index is 994. The molecule has 154 valence electrons. The molecule has 30 heavy (non-hydrogen) atoms. The first kappa shape index (κ1) is 20.0. The first-order chi connectivity index (χ1) is 14.6. The van der Waals surface area contributed by atoms with Gasteiger partial charge in [-0.05, 0) is 42.3 Å². The molecule has 0 saturated heterocycles. The molecule has 4 rings (SSSR count). The second-order valence-corrected chi connectivity index (χ2v) is 7.20. The molecular weight excluding hydrogens is 386 g/mol. The highest BCUT2D eigenvalue weighted by Gasteiger charge is 2.27. The summed E-state index contributed by atoms with van der Waals surface area (Å²) in [7, 11) is 0. The quantitative estimate of drug-likeness (QED) is 0.649. The number of carbonyl (C=O) groups is 1. The fourth-order valence-electron chi connectivity index (χ4n) is 3.91. The van der Waals surface area contributed by atoms with Crippen LogP contribution in [-0.2, 0) is 11.2 Å². The number of halogens is 2. The van der Waals surface area contributed by atoms with Crippen LogP contribution >= 0.6 is 0 Å². The largest absolute Gasteiger partial charge is 0.435 e. The van der Waals surface area contributed by atoms with E-state index in [-0.39, 0.29) is 24.2 Å². The van der Waals surface area contributed by atoms with Crippen molar-refractivity contribution in [2.75, 3.05) is 18.0 Å². The molecule has 0 fully saturated rings. The number of nitrogens with zero attached hydrogens (tertiary/aromatic N) is 1. The Balaban J connectivity index is 1.51. The van der Waals surface area contributed by atoms with Crippen LogP contribution in [0.5, 0.6) is 5.75 Å². The van der Waals surface area contributed by atoms with Crippen LogP contribution in [-0.4, -0.2) is 25.6 Å². The molecular formula is C24H23F2N2O2+. The van der Waals surface area contributed by atoms with Gasteiger partial charge in [0.25, 0.3) is 5.91 Å². The van der Waals surface area contributed by atoms with Crippen molar-refractivity contribution in [1.29, 1.82) is 0 Å². The third-order valence-electron chi connectivity index (χ3n) is 5.34. The van der Waals surface area contributed by atoms with Gasteiger partial charge < -0.3 is 15.0 Å². The van der Waals surface area contributed by atoms with Crippen molar-refractivity contribution in [2.45, 2.75) is 19.1 Å². The van der Waals surface area contributed by atoms with Gasteiger partial charge in [-0.3, -0.25) is 4.79 Å². The summed E-state index contributed by atoms with van der Waals surface area (Å²) in [6.45, 7) is -1.88. The average Bonchev–Trinajstić information content (AvgIpc) is 3.19. The Morgan fingerprint density at radius 1 is 0.933 bits per heavy atom. The Labute approximate surface area is 174 Å². The van der Waals surface area contributed by atoms with Gasteiger partial charge in [-0.1, -0.05) is 48.5 Å². The third kappa shape index (κ3) is 4.49. The van der Waals surface area contributed by atoms with Crippen molar-refractivity contribution in [3.8, 4) is 5.75 Å². The lowest BCUT2D eigenvalue weighted by Crippen LogP contribution is -2.87. The predicted molar refractivity (Wildman–Crippen MR) is 111 cm³/mol. The van der Waals surface area contributed by atoms with Gasteiger partial charge in [-0.25, -0.2) is 0 Å². The maximum absolute atomic E-state index is 12.9. The van der Waals surface area contributed by atoms with Crippen LogP contribution in [0.1, 0.15) is 22.7 Å². The molecule has 1 aliphatic heterocycles. The molecule has 0 bridgehead atoms. The summed E-state index contributed by atoms with van der Waals surface area (Å²) in [5, 5.41) is 1.99. The van der Waals surface area contributed by atoms with Crippen molar-refractivity contribution in [1.82, 2.24) is 0 Å². The first-order valence-electron chi connectivity index (χ1n) is 9.93. The molecule has 0 spiro atoms. The van der Waals surface area contributed by atoms with Gasteiger partial charge in [0.2, 0.25) is 0 Å². The average molecular weight is 409 g/mol. The number of rotatable bonds is 7. The van der Waals surface area contributed by atoms with Gasteiger partial charge in [0.05, 0.1) is 0 Å². The molecule has 0 saturated carbocycles. The van der Waals surface area contributed by atoms with E-state index in [0.717, 1.165) is 23.2 Å². The van der Waals surface area contributed by atoms with Gasteiger partial charge in [-0.15, -0.1) is 0 Å². The van der Waals surface area contributed by atoms with E-state index >= 15 is 0 Å². The van der Waals surface area contributed by atoms with E-state index in [0.29, 0.717) is 6.54 Å². The Morgan fingerprint density at radius 2 is 1.60 bits per heavy atom. The normalized spacial score (nSPS) is 13.9. The summed E-state index contributed by atoms with van der Waals surface area (Å²) in [6.07, 6.45) is 0.871. The lowest BCUT2D eigenvalue weighted by atomic mass is 9.98. The van der Waals surface area contributed by atoms with Crippen molar-refractivity contribution in [2.24, 2.45) is 0 Å². The minimum Gasteiger partial charge on any atom is -0.435 e. The number of para-hydroxylation sites is 1. The lowest BCUT2D eigenvalue weighted by Gasteiger charge is -2.20. The number of hydrogen-bond acceptors (Lipinski definition) is 2. The number of fused-ring (bicyclic) bond motifs is 1. The maximum Gasteiger partial charge on any atom is 0.387 e. The van der Waals surface area contributed by atoms with Crippen LogP contribution in [0.3, 0.4) is 0 Å². The number of nitrogens with two attached hydrogens (primary N) is 1. The molecule has 1 atom stereocenters. The highest BCUT2D eigenvalue weighted by molar-refractivity contribution is 5.96. The lowest BCUT2D eigenvalue weighted by molar-refractivity contribution is -0.676. The highest BCUT2D eigenvalue weighted by atomic mass is 19.3. The zero-order valence-electron chi connectivity index (χ0n) is 16.4. The Hall–Kier alpha value is -3.25. The zero-order chi connectivity index (χ0) is 20.9. The minimum absolute atomic E-state index is 0.0542. The number of benzene rings is 3. The fraction of sp³-hybridized carbons (Fsp3) is 0.208. The van der Waals surface area contributed by atoms with Gasteiger partial charge in [0.15, 0.2) is 6.54 Å². The van der Waals surface area contributed by atoms with E-state index in [1.54, 1.807) is 12.1 Å². The summed E-state index contributed by atoms with van der Waals surface area (Å²) >= 11 is 0. The van der Waals surface area contributed by atoms with Crippen LogP contribution in [0.2, 0.25) is 0 Å². The Morgan fingerprint density at radius 3 is 2.33 bits per heavy atom. The van der Waals surface area contributed by atoms with Gasteiger partial charge in [0, 0.05) is 23.4 Å². The number of alkyl halides is 2. The third-order valence-corrected chi connectivity index (χ3v) is 5.34. The standard InChI is InChI=1S/C24H22F2N2O2/c25-24(26)30-20-12-10-19(11-13-20)23(18-7-2-1-3-8-18)27-16-22(29)28-15-14-17-6-4-5-9-21(17)28/h1-13,23-24,27H,14-16H2/p+1/t23-/m1/s1. The van der Waals surface area contributed by atoms with Crippen LogP contribution in [0.25, 0.3) is 0 Å². The number of hydrogen-bond donors (Lipinski definition) is 1. The monoisotopic (exact) mass is 409 g/mol.